The summed E-state index contributed by atoms with van der Waals surface area (Å²) >= 11 is 0. The van der Waals surface area contributed by atoms with Crippen LogP contribution in [0.15, 0.2) is 12.4 Å². The third kappa shape index (κ3) is 5.94. The lowest BCUT2D eigenvalue weighted by atomic mass is 9.92. The van der Waals surface area contributed by atoms with Gasteiger partial charge in [0.15, 0.2) is 0 Å². The van der Waals surface area contributed by atoms with Crippen molar-refractivity contribution in [3.8, 4) is 0 Å². The second-order valence-corrected chi connectivity index (χ2v) is 9.88. The first-order valence-electron chi connectivity index (χ1n) is 8.98. The molecule has 0 saturated heterocycles. The molecule has 2 aromatic rings. The van der Waals surface area contributed by atoms with Gasteiger partial charge in [-0.1, -0.05) is 52.0 Å². The van der Waals surface area contributed by atoms with E-state index in [2.05, 4.69) is 96.8 Å². The second kappa shape index (κ2) is 7.26. The molecule has 0 amide bonds. The molecule has 0 N–H and O–H groups in total. The molecule has 0 aliphatic rings. The molecule has 0 spiro atoms. The zero-order valence-corrected chi connectivity index (χ0v) is 17.9. The highest BCUT2D eigenvalue weighted by Gasteiger charge is 2.22. The molecule has 0 fully saturated rings. The van der Waals surface area contributed by atoms with Crippen molar-refractivity contribution in [1.29, 1.82) is 0 Å². The van der Waals surface area contributed by atoms with Crippen molar-refractivity contribution < 1.29 is 0 Å². The summed E-state index contributed by atoms with van der Waals surface area (Å²) in [4.78, 5) is 0. The summed E-state index contributed by atoms with van der Waals surface area (Å²) in [5.74, 6) is 0. The van der Waals surface area contributed by atoms with Gasteiger partial charge in [0.1, 0.15) is 0 Å². The lowest BCUT2D eigenvalue weighted by Gasteiger charge is -2.20. The average Bonchev–Trinajstić information content (AvgIpc) is 3.07. The topological polar surface area (TPSA) is 61.4 Å². The number of aromatic nitrogens is 6. The van der Waals surface area contributed by atoms with Gasteiger partial charge >= 0.3 is 0 Å². The molecule has 0 bridgehead atoms. The quantitative estimate of drug-likeness (QED) is 0.762. The fourth-order valence-corrected chi connectivity index (χ4v) is 2.10. The van der Waals surface area contributed by atoms with Crippen molar-refractivity contribution in [2.45, 2.75) is 98.6 Å². The molecule has 0 atom stereocenters. The monoisotopic (exact) mass is 348 g/mol. The summed E-state index contributed by atoms with van der Waals surface area (Å²) in [6, 6.07) is 0.390. The van der Waals surface area contributed by atoms with Crippen LogP contribution in [0.5, 0.6) is 0 Å². The van der Waals surface area contributed by atoms with Gasteiger partial charge < -0.3 is 0 Å². The van der Waals surface area contributed by atoms with Crippen LogP contribution in [0.3, 0.4) is 0 Å². The highest BCUT2D eigenvalue weighted by molar-refractivity contribution is 5.08. The molecule has 142 valence electrons. The number of hydrogen-bond acceptors (Lipinski definition) is 4. The molecule has 25 heavy (non-hydrogen) atoms. The van der Waals surface area contributed by atoms with Crippen LogP contribution in [-0.4, -0.2) is 30.0 Å². The highest BCUT2D eigenvalue weighted by atomic mass is 15.4. The Morgan fingerprint density at radius 3 is 1.68 bits per heavy atom. The Hall–Kier alpha value is -1.72. The molecule has 2 heterocycles. The number of hydrogen-bond donors (Lipinski definition) is 0. The van der Waals surface area contributed by atoms with Gasteiger partial charge in [0.05, 0.1) is 23.1 Å². The molecular formula is C19H36N6. The Bertz CT molecular complexity index is 631. The number of rotatable bonds is 1. The Labute approximate surface area is 153 Å². The summed E-state index contributed by atoms with van der Waals surface area (Å²) in [7, 11) is 0. The largest absolute Gasteiger partial charge is 0.247 e. The molecule has 2 aromatic heterocycles. The van der Waals surface area contributed by atoms with Crippen LogP contribution in [0.4, 0.5) is 0 Å². The molecule has 0 aliphatic heterocycles. The third-order valence-corrected chi connectivity index (χ3v) is 3.78. The first-order chi connectivity index (χ1) is 11.1. The van der Waals surface area contributed by atoms with Crippen LogP contribution >= 0.6 is 0 Å². The minimum Gasteiger partial charge on any atom is -0.247 e. The zero-order valence-electron chi connectivity index (χ0n) is 17.9. The van der Waals surface area contributed by atoms with Gasteiger partial charge in [0.2, 0.25) is 0 Å². The maximum absolute atomic E-state index is 4.17. The molecular weight excluding hydrogens is 312 g/mol. The maximum Gasteiger partial charge on any atom is 0.0880 e. The van der Waals surface area contributed by atoms with Gasteiger partial charge in [0.25, 0.3) is 0 Å². The highest BCUT2D eigenvalue weighted by Crippen LogP contribution is 2.23. The standard InChI is InChI=1S/C10H19N3.C9H17N3/c1-9(2,3)8-7-13(12-11-8)10(4,5)6;1-7(2)12-8(6-10-11-12)9(3,4)5/h7H,1-6H3;6-7H,1-5H3. The Morgan fingerprint density at radius 2 is 1.40 bits per heavy atom. The van der Waals surface area contributed by atoms with Crippen molar-refractivity contribution in [2.24, 2.45) is 0 Å². The zero-order chi connectivity index (χ0) is 19.6. The maximum atomic E-state index is 4.17. The summed E-state index contributed by atoms with van der Waals surface area (Å²) in [5.41, 5.74) is 2.48. The van der Waals surface area contributed by atoms with E-state index in [4.69, 9.17) is 0 Å². The molecule has 6 nitrogen and oxygen atoms in total. The summed E-state index contributed by atoms with van der Waals surface area (Å²) in [6.45, 7) is 23.5. The minimum atomic E-state index is 0.0243. The summed E-state index contributed by atoms with van der Waals surface area (Å²) in [5, 5.41) is 16.3. The third-order valence-electron chi connectivity index (χ3n) is 3.78. The van der Waals surface area contributed by atoms with Crippen LogP contribution in [0.25, 0.3) is 0 Å². The first kappa shape index (κ1) is 21.3. The van der Waals surface area contributed by atoms with Crippen LogP contribution in [-0.2, 0) is 16.4 Å². The van der Waals surface area contributed by atoms with Crippen molar-refractivity contribution in [1.82, 2.24) is 30.0 Å². The van der Waals surface area contributed by atoms with Crippen molar-refractivity contribution >= 4 is 0 Å². The van der Waals surface area contributed by atoms with Gasteiger partial charge in [-0.05, 0) is 34.6 Å². The minimum absolute atomic E-state index is 0.0243. The van der Waals surface area contributed by atoms with Gasteiger partial charge in [0, 0.05) is 23.1 Å². The average molecular weight is 349 g/mol. The van der Waals surface area contributed by atoms with Crippen molar-refractivity contribution in [2.75, 3.05) is 0 Å². The summed E-state index contributed by atoms with van der Waals surface area (Å²) in [6.07, 6.45) is 3.88. The van der Waals surface area contributed by atoms with Crippen molar-refractivity contribution in [3.63, 3.8) is 0 Å². The van der Waals surface area contributed by atoms with E-state index in [0.717, 1.165) is 5.69 Å². The molecule has 0 aliphatic carbocycles. The second-order valence-electron chi connectivity index (χ2n) is 9.88. The molecule has 2 rings (SSSR count). The van der Waals surface area contributed by atoms with Crippen LogP contribution in [0, 0.1) is 0 Å². The lowest BCUT2D eigenvalue weighted by molar-refractivity contribution is 0.346. The molecule has 0 saturated carbocycles. The van der Waals surface area contributed by atoms with E-state index in [1.807, 2.05) is 21.8 Å². The van der Waals surface area contributed by atoms with E-state index in [1.165, 1.54) is 5.69 Å². The Kier molecular flexibility index (Phi) is 6.19. The fourth-order valence-electron chi connectivity index (χ4n) is 2.10. The van der Waals surface area contributed by atoms with E-state index >= 15 is 0 Å². The first-order valence-corrected chi connectivity index (χ1v) is 8.98. The Morgan fingerprint density at radius 1 is 0.840 bits per heavy atom. The van der Waals surface area contributed by atoms with E-state index in [-0.39, 0.29) is 16.4 Å². The van der Waals surface area contributed by atoms with E-state index in [1.54, 1.807) is 0 Å². The predicted octanol–water partition coefficient (Wildman–Crippen LogP) is 4.49. The molecule has 0 radical (unpaired) electrons. The lowest BCUT2D eigenvalue weighted by Crippen LogP contribution is -2.22. The van der Waals surface area contributed by atoms with E-state index in [0.29, 0.717) is 6.04 Å². The van der Waals surface area contributed by atoms with Gasteiger partial charge in [-0.25, -0.2) is 9.36 Å². The molecule has 6 heteroatoms. The van der Waals surface area contributed by atoms with Gasteiger partial charge in [-0.3, -0.25) is 0 Å². The number of nitrogens with zero attached hydrogens (tertiary/aromatic N) is 6. The van der Waals surface area contributed by atoms with Gasteiger partial charge in [-0.2, -0.15) is 0 Å². The van der Waals surface area contributed by atoms with Crippen LogP contribution < -0.4 is 0 Å². The smallest absolute Gasteiger partial charge is 0.0880 e. The molecule has 0 unspecified atom stereocenters. The van der Waals surface area contributed by atoms with E-state index < -0.39 is 0 Å². The predicted molar refractivity (Wildman–Crippen MR) is 103 cm³/mol. The van der Waals surface area contributed by atoms with Crippen LogP contribution in [0.2, 0.25) is 0 Å². The van der Waals surface area contributed by atoms with Crippen LogP contribution in [0.1, 0.15) is 93.6 Å². The van der Waals surface area contributed by atoms with Crippen molar-refractivity contribution in [3.05, 3.63) is 23.8 Å². The van der Waals surface area contributed by atoms with E-state index in [9.17, 15) is 0 Å². The molecule has 0 aromatic carbocycles. The Balaban J connectivity index is 0.000000251. The normalized spacial score (nSPS) is 13.0. The fraction of sp³-hybridized carbons (Fsp3) is 0.789. The summed E-state index contributed by atoms with van der Waals surface area (Å²) < 4.78 is 3.88. The van der Waals surface area contributed by atoms with Gasteiger partial charge in [-0.15, -0.1) is 10.2 Å². The SMILES string of the molecule is CC(C)(C)c1cn(C(C)(C)C)nn1.CC(C)n1nncc1C(C)(C)C.